The third-order valence-corrected chi connectivity index (χ3v) is 9.16. The van der Waals surface area contributed by atoms with Gasteiger partial charge in [-0.25, -0.2) is 13.2 Å². The van der Waals surface area contributed by atoms with E-state index in [1.807, 2.05) is 0 Å². The fourth-order valence-electron chi connectivity index (χ4n) is 3.43. The van der Waals surface area contributed by atoms with Gasteiger partial charge in [-0.2, -0.15) is 13.2 Å². The van der Waals surface area contributed by atoms with E-state index in [-0.39, 0.29) is 21.4 Å². The molecular weight excluding hydrogens is 577 g/mol. The maximum absolute atomic E-state index is 13.2. The van der Waals surface area contributed by atoms with Gasteiger partial charge in [0.1, 0.15) is 22.9 Å². The van der Waals surface area contributed by atoms with Gasteiger partial charge in [0.15, 0.2) is 18.9 Å². The Kier molecular flexibility index (Phi) is 9.73. The number of alkyl halides is 3. The Labute approximate surface area is 231 Å². The second-order valence-electron chi connectivity index (χ2n) is 8.41. The predicted octanol–water partition coefficient (Wildman–Crippen LogP) is 3.13. The molecule has 15 heteroatoms. The van der Waals surface area contributed by atoms with Crippen molar-refractivity contribution >= 4 is 37.4 Å². The first-order chi connectivity index (χ1) is 18.7. The topological polar surface area (TPSA) is 128 Å². The quantitative estimate of drug-likeness (QED) is 0.136. The zero-order valence-electron chi connectivity index (χ0n) is 21.4. The first-order valence-corrected chi connectivity index (χ1v) is 14.4. The van der Waals surface area contributed by atoms with Crippen LogP contribution >= 0.6 is 10.8 Å². The van der Waals surface area contributed by atoms with Crippen molar-refractivity contribution in [2.75, 3.05) is 20.3 Å². The highest BCUT2D eigenvalue weighted by Gasteiger charge is 2.55. The Balaban J connectivity index is 1.90. The van der Waals surface area contributed by atoms with E-state index in [1.54, 1.807) is 49.4 Å². The standard InChI is InChI=1S/C25H25F3N2O8S2/c1-15-9-11-18(12-10-15)40(34,35)39-23-20(29-19(31)13-37-17-7-5-4-6-8-17)22(32)30(23)21(16(2)36-3)24(33)38-14-25(26,27)28/h4-12,20,23H,13-14H2,1-3H3,(H,29,31)/b21-16-. The maximum atomic E-state index is 13.2. The van der Waals surface area contributed by atoms with E-state index in [0.29, 0.717) is 10.6 Å². The number of esters is 1. The molecular formula is C25H25F3N2O8S2. The van der Waals surface area contributed by atoms with E-state index in [1.165, 1.54) is 19.1 Å². The van der Waals surface area contributed by atoms with Crippen molar-refractivity contribution in [1.82, 2.24) is 10.2 Å². The van der Waals surface area contributed by atoms with Crippen LogP contribution in [0, 0.1) is 6.92 Å². The molecule has 40 heavy (non-hydrogen) atoms. The minimum atomic E-state index is -4.86. The van der Waals surface area contributed by atoms with Crippen LogP contribution in [0.25, 0.3) is 0 Å². The minimum absolute atomic E-state index is 0.131. The number of allylic oxidation sites excluding steroid dienone is 1. The molecule has 3 rings (SSSR count). The highest BCUT2D eigenvalue weighted by Crippen LogP contribution is 2.40. The van der Waals surface area contributed by atoms with Crippen molar-refractivity contribution in [3.05, 3.63) is 71.6 Å². The van der Waals surface area contributed by atoms with Crippen molar-refractivity contribution in [2.24, 2.45) is 0 Å². The summed E-state index contributed by atoms with van der Waals surface area (Å²) in [6.07, 6.45) is -4.86. The molecule has 0 radical (unpaired) electrons. The summed E-state index contributed by atoms with van der Waals surface area (Å²) in [6.45, 7) is 0.456. The zero-order valence-corrected chi connectivity index (χ0v) is 23.1. The molecule has 2 aromatic carbocycles. The molecule has 1 saturated heterocycles. The third-order valence-electron chi connectivity index (χ3n) is 5.45. The first kappa shape index (κ1) is 30.8. The number of rotatable bonds is 11. The number of hydrogen-bond donors (Lipinski definition) is 1. The molecule has 0 saturated carbocycles. The van der Waals surface area contributed by atoms with Crippen LogP contribution in [0.1, 0.15) is 12.5 Å². The van der Waals surface area contributed by atoms with Crippen molar-refractivity contribution in [1.29, 1.82) is 0 Å². The lowest BCUT2D eigenvalue weighted by molar-refractivity contribution is -0.185. The zero-order chi connectivity index (χ0) is 29.7. The number of aryl methyl sites for hydroxylation is 1. The van der Waals surface area contributed by atoms with Crippen LogP contribution in [0.5, 0.6) is 5.75 Å². The summed E-state index contributed by atoms with van der Waals surface area (Å²) in [5.41, 5.74) is 0.0423. The monoisotopic (exact) mass is 602 g/mol. The molecule has 1 aliphatic rings. The van der Waals surface area contributed by atoms with E-state index in [0.717, 1.165) is 12.7 Å². The van der Waals surface area contributed by atoms with Crippen LogP contribution in [0.2, 0.25) is 0 Å². The second-order valence-corrected chi connectivity index (χ2v) is 12.4. The molecule has 1 aliphatic heterocycles. The number of nitrogens with one attached hydrogen (secondary N) is 1. The third kappa shape index (κ3) is 7.69. The molecule has 1 N–H and O–H groups in total. The van der Waals surface area contributed by atoms with E-state index in [2.05, 4.69) is 10.1 Å². The number of likely N-dealkylation sites (tertiary alicyclic amines) is 1. The van der Waals surface area contributed by atoms with Gasteiger partial charge in [-0.05, 0) is 38.1 Å². The molecule has 1 fully saturated rings. The molecule has 0 aromatic heterocycles. The Morgan fingerprint density at radius 3 is 2.27 bits per heavy atom. The SMILES string of the molecule is CO/C(C)=C(/C(=O)OCC(F)(F)F)N1C(=O)C(NC(=O)COc2ccccc2)C1SS(=O)(=O)c1ccc(C)cc1. The Morgan fingerprint density at radius 1 is 1.07 bits per heavy atom. The minimum Gasteiger partial charge on any atom is -0.499 e. The summed E-state index contributed by atoms with van der Waals surface area (Å²) in [5.74, 6) is -3.27. The van der Waals surface area contributed by atoms with Crippen LogP contribution in [0.3, 0.4) is 0 Å². The number of amides is 2. The molecule has 0 bridgehead atoms. The summed E-state index contributed by atoms with van der Waals surface area (Å²) in [6, 6.07) is 12.5. The average Bonchev–Trinajstić information content (AvgIpc) is 2.91. The Hall–Kier alpha value is -3.72. The van der Waals surface area contributed by atoms with Gasteiger partial charge in [-0.3, -0.25) is 14.5 Å². The van der Waals surface area contributed by atoms with E-state index in [4.69, 9.17) is 9.47 Å². The maximum Gasteiger partial charge on any atom is 0.422 e. The number of hydrogen-bond acceptors (Lipinski definition) is 9. The average molecular weight is 603 g/mol. The second kappa shape index (κ2) is 12.6. The number of carbonyl (C=O) groups is 3. The summed E-state index contributed by atoms with van der Waals surface area (Å²) in [5, 5.41) is 0.897. The first-order valence-electron chi connectivity index (χ1n) is 11.5. The van der Waals surface area contributed by atoms with E-state index >= 15 is 0 Å². The number of methoxy groups -OCH3 is 1. The van der Waals surface area contributed by atoms with Gasteiger partial charge in [-0.1, -0.05) is 35.9 Å². The van der Waals surface area contributed by atoms with E-state index in [9.17, 15) is 36.0 Å². The summed E-state index contributed by atoms with van der Waals surface area (Å²) in [4.78, 5) is 38.9. The van der Waals surface area contributed by atoms with Crippen LogP contribution in [-0.4, -0.2) is 69.0 Å². The fraction of sp³-hybridized carbons (Fsp3) is 0.320. The van der Waals surface area contributed by atoms with Crippen molar-refractivity contribution in [2.45, 2.75) is 36.3 Å². The van der Waals surface area contributed by atoms with Gasteiger partial charge in [0.25, 0.3) is 11.8 Å². The molecule has 2 atom stereocenters. The predicted molar refractivity (Wildman–Crippen MR) is 137 cm³/mol. The fourth-order valence-corrected chi connectivity index (χ4v) is 6.90. The highest BCUT2D eigenvalue weighted by atomic mass is 33.1. The molecule has 2 amide bonds. The van der Waals surface area contributed by atoms with Crippen LogP contribution < -0.4 is 10.1 Å². The lowest BCUT2D eigenvalue weighted by Gasteiger charge is -2.46. The molecule has 2 aromatic rings. The normalized spacial score (nSPS) is 17.9. The number of nitrogens with zero attached hydrogens (tertiary/aromatic N) is 1. The smallest absolute Gasteiger partial charge is 0.422 e. The number of β-lactam (4-membered cyclic amide) rings is 1. The van der Waals surface area contributed by atoms with Crippen molar-refractivity contribution in [3.63, 3.8) is 0 Å². The molecule has 1 heterocycles. The van der Waals surface area contributed by atoms with Gasteiger partial charge >= 0.3 is 12.1 Å². The summed E-state index contributed by atoms with van der Waals surface area (Å²) >= 11 is 0. The van der Waals surface area contributed by atoms with Gasteiger partial charge in [0, 0.05) is 10.8 Å². The molecule has 0 aliphatic carbocycles. The summed E-state index contributed by atoms with van der Waals surface area (Å²) in [7, 11) is -2.88. The number of benzene rings is 2. The van der Waals surface area contributed by atoms with Gasteiger partial charge in [0.05, 0.1) is 12.0 Å². The lowest BCUT2D eigenvalue weighted by atomic mass is 10.1. The van der Waals surface area contributed by atoms with E-state index < -0.39 is 63.2 Å². The van der Waals surface area contributed by atoms with Gasteiger partial charge in [-0.15, -0.1) is 0 Å². The van der Waals surface area contributed by atoms with Crippen molar-refractivity contribution in [3.8, 4) is 5.75 Å². The largest absolute Gasteiger partial charge is 0.499 e. The molecule has 216 valence electrons. The summed E-state index contributed by atoms with van der Waals surface area (Å²) < 4.78 is 79.2. The number of carbonyl (C=O) groups excluding carboxylic acids is 3. The number of halogens is 3. The van der Waals surface area contributed by atoms with Crippen molar-refractivity contribution < 1.29 is 50.2 Å². The van der Waals surface area contributed by atoms with Gasteiger partial charge < -0.3 is 19.5 Å². The van der Waals surface area contributed by atoms with Gasteiger partial charge in [0.2, 0.25) is 8.87 Å². The van der Waals surface area contributed by atoms with Crippen LogP contribution in [-0.2, 0) is 32.7 Å². The van der Waals surface area contributed by atoms with Crippen LogP contribution in [0.15, 0.2) is 70.9 Å². The molecule has 0 spiro atoms. The lowest BCUT2D eigenvalue weighted by Crippen LogP contribution is -2.70. The Morgan fingerprint density at radius 2 is 1.70 bits per heavy atom. The Bertz CT molecular complexity index is 1380. The molecule has 10 nitrogen and oxygen atoms in total. The number of ether oxygens (including phenoxy) is 3. The van der Waals surface area contributed by atoms with Crippen LogP contribution in [0.4, 0.5) is 13.2 Å². The highest BCUT2D eigenvalue weighted by molar-refractivity contribution is 8.72. The number of para-hydroxylation sites is 1. The molecule has 2 unspecified atom stereocenters.